The van der Waals surface area contributed by atoms with Crippen molar-refractivity contribution in [3.05, 3.63) is 35.4 Å². The Morgan fingerprint density at radius 1 is 1.06 bits per heavy atom. The van der Waals surface area contributed by atoms with E-state index in [4.69, 9.17) is 0 Å². The molecule has 11 heteroatoms. The number of Topliss-reactive ketones (excluding diaryl/α,β-unsaturated/α-hetero) is 1. The van der Waals surface area contributed by atoms with Gasteiger partial charge in [0.05, 0.1) is 30.3 Å². The lowest BCUT2D eigenvalue weighted by Gasteiger charge is -2.34. The van der Waals surface area contributed by atoms with Crippen molar-refractivity contribution in [3.8, 4) is 0 Å². The summed E-state index contributed by atoms with van der Waals surface area (Å²) in [5, 5.41) is 3.29. The Kier molecular flexibility index (Phi) is 8.30. The maximum absolute atomic E-state index is 13.5. The van der Waals surface area contributed by atoms with Crippen molar-refractivity contribution in [2.45, 2.75) is 45.3 Å². The summed E-state index contributed by atoms with van der Waals surface area (Å²) >= 11 is 0. The molecule has 0 spiro atoms. The number of benzene rings is 1. The Bertz CT molecular complexity index is 1070. The second kappa shape index (κ2) is 10.5. The highest BCUT2D eigenvalue weighted by atomic mass is 35.5. The zero-order valence-electron chi connectivity index (χ0n) is 20.6. The van der Waals surface area contributed by atoms with Crippen LogP contribution in [0.4, 0.5) is 0 Å². The molecule has 0 aromatic heterocycles. The van der Waals surface area contributed by atoms with Gasteiger partial charge in [-0.25, -0.2) is 12.7 Å². The van der Waals surface area contributed by atoms with E-state index in [-0.39, 0.29) is 36.1 Å². The molecule has 194 valence electrons. The number of likely N-dealkylation sites (tertiary alicyclic amines) is 1. The van der Waals surface area contributed by atoms with Crippen LogP contribution in [-0.2, 0) is 19.6 Å². The summed E-state index contributed by atoms with van der Waals surface area (Å²) in [7, 11) is -3.72. The van der Waals surface area contributed by atoms with Gasteiger partial charge in [-0.05, 0) is 37.0 Å². The third kappa shape index (κ3) is 5.12. The van der Waals surface area contributed by atoms with Crippen LogP contribution in [0.1, 0.15) is 49.2 Å². The number of sulfonamides is 1. The Labute approximate surface area is 213 Å². The maximum Gasteiger partial charge on any atom is 0.254 e. The topological polar surface area (TPSA) is 107 Å². The number of hydrogen-bond acceptors (Lipinski definition) is 7. The first-order valence-electron chi connectivity index (χ1n) is 11.9. The van der Waals surface area contributed by atoms with Crippen LogP contribution in [0.5, 0.6) is 0 Å². The fraction of sp³-hybridized carbons (Fsp3) is 0.625. The Morgan fingerprint density at radius 3 is 2.17 bits per heavy atom. The molecule has 3 saturated heterocycles. The van der Waals surface area contributed by atoms with Crippen LogP contribution in [0.15, 0.2) is 24.3 Å². The molecule has 0 radical (unpaired) electrons. The summed E-state index contributed by atoms with van der Waals surface area (Å²) in [6, 6.07) is 5.79. The molecule has 1 aromatic carbocycles. The van der Waals surface area contributed by atoms with E-state index in [0.717, 1.165) is 42.3 Å². The molecule has 3 aliphatic heterocycles. The van der Waals surface area contributed by atoms with E-state index in [1.165, 1.54) is 0 Å². The van der Waals surface area contributed by atoms with Crippen molar-refractivity contribution >= 4 is 40.0 Å². The van der Waals surface area contributed by atoms with Gasteiger partial charge in [-0.1, -0.05) is 26.0 Å². The van der Waals surface area contributed by atoms with Crippen LogP contribution in [0, 0.1) is 11.8 Å². The van der Waals surface area contributed by atoms with Crippen LogP contribution in [0.25, 0.3) is 0 Å². The number of piperazine rings is 1. The number of hydrogen-bond donors (Lipinski definition) is 1. The summed E-state index contributed by atoms with van der Waals surface area (Å²) in [5.74, 6) is -1.22. The Hall–Kier alpha value is -2.01. The predicted octanol–water partition coefficient (Wildman–Crippen LogP) is 1.30. The van der Waals surface area contributed by atoms with Gasteiger partial charge in [0, 0.05) is 38.3 Å². The molecule has 0 bridgehead atoms. The van der Waals surface area contributed by atoms with Crippen molar-refractivity contribution in [2.75, 3.05) is 39.0 Å². The first-order valence-corrected chi connectivity index (χ1v) is 13.8. The molecule has 3 heterocycles. The molecular weight excluding hydrogens is 492 g/mol. The average molecular weight is 527 g/mol. The van der Waals surface area contributed by atoms with Gasteiger partial charge in [0.25, 0.3) is 5.91 Å². The van der Waals surface area contributed by atoms with E-state index < -0.39 is 33.9 Å². The number of ketones is 1. The molecule has 3 aliphatic rings. The van der Waals surface area contributed by atoms with Crippen LogP contribution in [0.2, 0.25) is 0 Å². The van der Waals surface area contributed by atoms with E-state index >= 15 is 0 Å². The standard InChI is InChI=1S/C24H34N4O5S.ClH/c1-15(2)20-22-19(28(24(20)31)34(4,32)33)9-12-27(22)23(30)18-7-5-17(6-8-18)21(16(3)29)26-13-10-25-11-14-26;/h5-8,15,19-22,25H,9-14H2,1-4H3;1H/t19-,20+,21?,22-;/m0./s1. The first-order chi connectivity index (χ1) is 16.0. The summed E-state index contributed by atoms with van der Waals surface area (Å²) in [4.78, 5) is 42.8. The van der Waals surface area contributed by atoms with Crippen LogP contribution in [0.3, 0.4) is 0 Å². The van der Waals surface area contributed by atoms with Crippen molar-refractivity contribution in [2.24, 2.45) is 11.8 Å². The lowest BCUT2D eigenvalue weighted by atomic mass is 9.88. The van der Waals surface area contributed by atoms with Gasteiger partial charge >= 0.3 is 0 Å². The van der Waals surface area contributed by atoms with E-state index in [2.05, 4.69) is 10.2 Å². The second-order valence-corrected chi connectivity index (χ2v) is 11.8. The number of halogens is 1. The third-order valence-corrected chi connectivity index (χ3v) is 8.47. The third-order valence-electron chi connectivity index (χ3n) is 7.30. The molecule has 9 nitrogen and oxygen atoms in total. The molecule has 1 aromatic rings. The van der Waals surface area contributed by atoms with Crippen molar-refractivity contribution in [1.29, 1.82) is 0 Å². The molecular formula is C24H35ClN4O5S. The smallest absolute Gasteiger partial charge is 0.254 e. The number of fused-ring (bicyclic) bond motifs is 1. The number of nitrogens with one attached hydrogen (secondary N) is 1. The number of carbonyl (C=O) groups excluding carboxylic acids is 3. The minimum Gasteiger partial charge on any atom is -0.333 e. The van der Waals surface area contributed by atoms with Gasteiger partial charge in [0.1, 0.15) is 0 Å². The second-order valence-electron chi connectivity index (χ2n) is 9.93. The number of nitrogens with zero attached hydrogens (tertiary/aromatic N) is 3. The summed E-state index contributed by atoms with van der Waals surface area (Å²) < 4.78 is 25.7. The van der Waals surface area contributed by atoms with Gasteiger partial charge in [-0.3, -0.25) is 19.3 Å². The fourth-order valence-electron chi connectivity index (χ4n) is 5.89. The summed E-state index contributed by atoms with van der Waals surface area (Å²) in [6.07, 6.45) is 1.49. The number of rotatable bonds is 6. The number of amides is 2. The molecule has 4 rings (SSSR count). The van der Waals surface area contributed by atoms with E-state index in [1.807, 2.05) is 26.0 Å². The van der Waals surface area contributed by atoms with Crippen molar-refractivity contribution in [1.82, 2.24) is 19.4 Å². The van der Waals surface area contributed by atoms with Gasteiger partial charge in [-0.2, -0.15) is 0 Å². The van der Waals surface area contributed by atoms with Gasteiger partial charge in [0.2, 0.25) is 15.9 Å². The highest BCUT2D eigenvalue weighted by Crippen LogP contribution is 2.41. The Morgan fingerprint density at radius 2 is 1.66 bits per heavy atom. The van der Waals surface area contributed by atoms with Crippen molar-refractivity contribution in [3.63, 3.8) is 0 Å². The van der Waals surface area contributed by atoms with Crippen LogP contribution in [-0.4, -0.2) is 91.2 Å². The minimum absolute atomic E-state index is 0. The predicted molar refractivity (Wildman–Crippen MR) is 135 cm³/mol. The largest absolute Gasteiger partial charge is 0.333 e. The molecule has 35 heavy (non-hydrogen) atoms. The van der Waals surface area contributed by atoms with E-state index in [1.54, 1.807) is 24.0 Å². The van der Waals surface area contributed by atoms with E-state index in [0.29, 0.717) is 18.5 Å². The molecule has 4 atom stereocenters. The normalized spacial score (nSPS) is 26.0. The molecule has 1 N–H and O–H groups in total. The summed E-state index contributed by atoms with van der Waals surface area (Å²) in [6.45, 7) is 8.99. The molecule has 0 saturated carbocycles. The zero-order valence-corrected chi connectivity index (χ0v) is 22.3. The minimum atomic E-state index is -3.72. The van der Waals surface area contributed by atoms with Gasteiger partial charge in [-0.15, -0.1) is 12.4 Å². The van der Waals surface area contributed by atoms with Crippen LogP contribution < -0.4 is 5.32 Å². The van der Waals surface area contributed by atoms with E-state index in [9.17, 15) is 22.8 Å². The van der Waals surface area contributed by atoms with Crippen LogP contribution >= 0.6 is 12.4 Å². The van der Waals surface area contributed by atoms with Gasteiger partial charge < -0.3 is 10.2 Å². The lowest BCUT2D eigenvalue weighted by molar-refractivity contribution is -0.129. The fourth-order valence-corrected chi connectivity index (χ4v) is 7.06. The molecule has 1 unspecified atom stereocenters. The monoisotopic (exact) mass is 526 g/mol. The maximum atomic E-state index is 13.5. The lowest BCUT2D eigenvalue weighted by Crippen LogP contribution is -2.46. The zero-order chi connectivity index (χ0) is 24.8. The van der Waals surface area contributed by atoms with Crippen molar-refractivity contribution < 1.29 is 22.8 Å². The molecule has 2 amide bonds. The molecule has 0 aliphatic carbocycles. The average Bonchev–Trinajstić information content (AvgIpc) is 3.30. The molecule has 3 fully saturated rings. The number of carbonyl (C=O) groups is 3. The summed E-state index contributed by atoms with van der Waals surface area (Å²) in [5.41, 5.74) is 1.32. The SMILES string of the molecule is CC(=O)C(c1ccc(C(=O)N2CC[C@H]3[C@H]2[C@@H](C(C)C)C(=O)N3S(C)(=O)=O)cc1)N1CCNCC1.Cl. The quantitative estimate of drug-likeness (QED) is 0.595. The van der Waals surface area contributed by atoms with Gasteiger partial charge in [0.15, 0.2) is 5.78 Å². The first kappa shape index (κ1) is 27.6. The highest BCUT2D eigenvalue weighted by molar-refractivity contribution is 7.88. The Balaban J connectivity index is 0.00000342. The highest BCUT2D eigenvalue weighted by Gasteiger charge is 2.58.